The fraction of sp³-hybridized carbons (Fsp3) is 0.300. The monoisotopic (exact) mass is 274 g/mol. The zero-order valence-corrected chi connectivity index (χ0v) is 10.1. The van der Waals surface area contributed by atoms with E-state index in [9.17, 15) is 13.2 Å². The second kappa shape index (κ2) is 4.89. The second-order valence-corrected chi connectivity index (χ2v) is 4.33. The van der Waals surface area contributed by atoms with Crippen LogP contribution in [0, 0.1) is 6.92 Å². The van der Waals surface area contributed by atoms with E-state index in [1.165, 1.54) is 0 Å². The van der Waals surface area contributed by atoms with Crippen molar-refractivity contribution in [2.24, 2.45) is 0 Å². The van der Waals surface area contributed by atoms with E-state index in [1.807, 2.05) is 19.1 Å². The third-order valence-electron chi connectivity index (χ3n) is 2.10. The molecule has 0 aromatic carbocycles. The van der Waals surface area contributed by atoms with Crippen molar-refractivity contribution in [2.75, 3.05) is 5.32 Å². The molecule has 4 nitrogen and oxygen atoms in total. The Morgan fingerprint density at radius 1 is 1.33 bits per heavy atom. The highest BCUT2D eigenvalue weighted by atomic mass is 32.1. The normalized spacial score (nSPS) is 11.6. The number of nitrogens with one attached hydrogen (secondary N) is 1. The van der Waals surface area contributed by atoms with Gasteiger partial charge in [0.2, 0.25) is 11.0 Å². The number of halogens is 3. The average molecular weight is 274 g/mol. The summed E-state index contributed by atoms with van der Waals surface area (Å²) in [6, 6.07) is 3.68. The first-order chi connectivity index (χ1) is 8.45. The minimum absolute atomic E-state index is 0.142. The van der Waals surface area contributed by atoms with Gasteiger partial charge in [0.05, 0.1) is 0 Å². The summed E-state index contributed by atoms with van der Waals surface area (Å²) in [5, 5.41) is 2.92. The Hall–Kier alpha value is -1.70. The molecule has 0 aliphatic rings. The number of rotatable bonds is 3. The molecule has 0 saturated heterocycles. The molecule has 0 amide bonds. The standard InChI is InChI=1S/C10H9F3N4S/c1-6-2-3-7(4-14-6)5-15-9-16-8(17-18-9)10(11,12)13/h2-4H,5H2,1H3,(H,15,16,17). The number of hydrogen-bond donors (Lipinski definition) is 1. The number of nitrogens with zero attached hydrogens (tertiary/aromatic N) is 3. The molecular formula is C10H9F3N4S. The Bertz CT molecular complexity index is 521. The molecule has 8 heteroatoms. The molecule has 2 rings (SSSR count). The van der Waals surface area contributed by atoms with Crippen LogP contribution in [0.15, 0.2) is 18.3 Å². The molecule has 0 aliphatic heterocycles. The number of anilines is 1. The van der Waals surface area contributed by atoms with Gasteiger partial charge < -0.3 is 5.32 Å². The maximum atomic E-state index is 12.3. The molecule has 96 valence electrons. The lowest BCUT2D eigenvalue weighted by Crippen LogP contribution is -2.07. The van der Waals surface area contributed by atoms with Gasteiger partial charge in [-0.05, 0) is 18.6 Å². The predicted molar refractivity (Wildman–Crippen MR) is 61.2 cm³/mol. The lowest BCUT2D eigenvalue weighted by molar-refractivity contribution is -0.144. The van der Waals surface area contributed by atoms with Gasteiger partial charge in [0.25, 0.3) is 0 Å². The van der Waals surface area contributed by atoms with Crippen molar-refractivity contribution >= 4 is 16.7 Å². The summed E-state index contributed by atoms with van der Waals surface area (Å²) in [5.41, 5.74) is 1.75. The minimum Gasteiger partial charge on any atom is -0.356 e. The van der Waals surface area contributed by atoms with Crippen molar-refractivity contribution in [3.05, 3.63) is 35.4 Å². The zero-order valence-electron chi connectivity index (χ0n) is 9.32. The molecule has 0 fully saturated rings. The molecule has 0 radical (unpaired) electrons. The van der Waals surface area contributed by atoms with E-state index < -0.39 is 12.0 Å². The highest BCUT2D eigenvalue weighted by Crippen LogP contribution is 2.28. The van der Waals surface area contributed by atoms with Crippen LogP contribution in [0.4, 0.5) is 18.3 Å². The van der Waals surface area contributed by atoms with Gasteiger partial charge in [0, 0.05) is 30.0 Å². The largest absolute Gasteiger partial charge is 0.452 e. The highest BCUT2D eigenvalue weighted by Gasteiger charge is 2.36. The Morgan fingerprint density at radius 2 is 2.11 bits per heavy atom. The van der Waals surface area contributed by atoms with E-state index in [-0.39, 0.29) is 5.13 Å². The van der Waals surface area contributed by atoms with Crippen LogP contribution in [0.25, 0.3) is 0 Å². The summed E-state index contributed by atoms with van der Waals surface area (Å²) in [4.78, 5) is 7.45. The number of hydrogen-bond acceptors (Lipinski definition) is 5. The van der Waals surface area contributed by atoms with Crippen LogP contribution < -0.4 is 5.32 Å². The quantitative estimate of drug-likeness (QED) is 0.935. The molecule has 2 heterocycles. The minimum atomic E-state index is -4.50. The van der Waals surface area contributed by atoms with Gasteiger partial charge in [0.15, 0.2) is 0 Å². The first-order valence-corrected chi connectivity index (χ1v) is 5.79. The Labute approximate surface area is 105 Å². The van der Waals surface area contributed by atoms with Crippen LogP contribution in [0.3, 0.4) is 0 Å². The summed E-state index contributed by atoms with van der Waals surface area (Å²) in [7, 11) is 0. The average Bonchev–Trinajstić information content (AvgIpc) is 2.77. The third-order valence-corrected chi connectivity index (χ3v) is 2.77. The molecule has 0 spiro atoms. The van der Waals surface area contributed by atoms with Gasteiger partial charge in [-0.15, -0.1) is 0 Å². The fourth-order valence-corrected chi connectivity index (χ4v) is 1.77. The molecule has 0 bridgehead atoms. The SMILES string of the molecule is Cc1ccc(CNc2nc(C(F)(F)F)ns2)cn1. The topological polar surface area (TPSA) is 50.7 Å². The van der Waals surface area contributed by atoms with Crippen molar-refractivity contribution in [3.63, 3.8) is 0 Å². The van der Waals surface area contributed by atoms with E-state index >= 15 is 0 Å². The summed E-state index contributed by atoms with van der Waals surface area (Å²) in [6.07, 6.45) is -2.84. The molecule has 0 unspecified atom stereocenters. The second-order valence-electron chi connectivity index (χ2n) is 3.58. The van der Waals surface area contributed by atoms with Crippen LogP contribution in [-0.2, 0) is 12.7 Å². The smallest absolute Gasteiger partial charge is 0.356 e. The van der Waals surface area contributed by atoms with Gasteiger partial charge in [-0.3, -0.25) is 4.98 Å². The lowest BCUT2D eigenvalue weighted by Gasteiger charge is -2.02. The number of alkyl halides is 3. The number of pyridine rings is 1. The van der Waals surface area contributed by atoms with Crippen LogP contribution in [0.1, 0.15) is 17.1 Å². The van der Waals surface area contributed by atoms with Crippen molar-refractivity contribution in [3.8, 4) is 0 Å². The summed E-state index contributed by atoms with van der Waals surface area (Å²) in [6.45, 7) is 2.22. The van der Waals surface area contributed by atoms with Gasteiger partial charge in [-0.1, -0.05) is 6.07 Å². The zero-order chi connectivity index (χ0) is 13.2. The van der Waals surface area contributed by atoms with E-state index in [4.69, 9.17) is 0 Å². The van der Waals surface area contributed by atoms with Gasteiger partial charge >= 0.3 is 6.18 Å². The highest BCUT2D eigenvalue weighted by molar-refractivity contribution is 7.09. The van der Waals surface area contributed by atoms with Crippen LogP contribution in [-0.4, -0.2) is 14.3 Å². The molecule has 0 saturated carbocycles. The molecule has 0 atom stereocenters. The Kier molecular flexibility index (Phi) is 3.46. The van der Waals surface area contributed by atoms with Gasteiger partial charge in [-0.25, -0.2) is 0 Å². The molecule has 18 heavy (non-hydrogen) atoms. The first-order valence-electron chi connectivity index (χ1n) is 5.01. The van der Waals surface area contributed by atoms with E-state index in [1.54, 1.807) is 6.20 Å². The first kappa shape index (κ1) is 12.7. The maximum absolute atomic E-state index is 12.3. The van der Waals surface area contributed by atoms with E-state index in [0.29, 0.717) is 18.1 Å². The van der Waals surface area contributed by atoms with Crippen LogP contribution in [0.2, 0.25) is 0 Å². The van der Waals surface area contributed by atoms with Crippen LogP contribution >= 0.6 is 11.5 Å². The third kappa shape index (κ3) is 3.16. The molecule has 2 aromatic heterocycles. The number of aryl methyl sites for hydroxylation is 1. The summed E-state index contributed by atoms with van der Waals surface area (Å²) >= 11 is 0.686. The number of aromatic nitrogens is 3. The molecular weight excluding hydrogens is 265 g/mol. The summed E-state index contributed by atoms with van der Waals surface area (Å²) in [5.74, 6) is -1.11. The van der Waals surface area contributed by atoms with Crippen molar-refractivity contribution in [1.82, 2.24) is 14.3 Å². The molecule has 1 N–H and O–H groups in total. The lowest BCUT2D eigenvalue weighted by atomic mass is 10.2. The Balaban J connectivity index is 1.98. The molecule has 2 aromatic rings. The van der Waals surface area contributed by atoms with Crippen molar-refractivity contribution in [2.45, 2.75) is 19.6 Å². The molecule has 0 aliphatic carbocycles. The fourth-order valence-electron chi connectivity index (χ4n) is 1.19. The summed E-state index contributed by atoms with van der Waals surface area (Å²) < 4.78 is 40.0. The van der Waals surface area contributed by atoms with Gasteiger partial charge in [0.1, 0.15) is 0 Å². The predicted octanol–water partition coefficient (Wildman–Crippen LogP) is 2.87. The maximum Gasteiger partial charge on any atom is 0.452 e. The van der Waals surface area contributed by atoms with Crippen molar-refractivity contribution < 1.29 is 13.2 Å². The van der Waals surface area contributed by atoms with Crippen molar-refractivity contribution in [1.29, 1.82) is 0 Å². The Morgan fingerprint density at radius 3 is 2.67 bits per heavy atom. The van der Waals surface area contributed by atoms with E-state index in [2.05, 4.69) is 19.7 Å². The van der Waals surface area contributed by atoms with E-state index in [0.717, 1.165) is 11.3 Å². The van der Waals surface area contributed by atoms with Crippen LogP contribution in [0.5, 0.6) is 0 Å². The van der Waals surface area contributed by atoms with Gasteiger partial charge in [-0.2, -0.15) is 22.5 Å².